The van der Waals surface area contributed by atoms with Crippen LogP contribution in [-0.2, 0) is 13.1 Å². The zero-order chi connectivity index (χ0) is 10.7. The summed E-state index contributed by atoms with van der Waals surface area (Å²) in [5.74, 6) is 1.30. The Labute approximate surface area is 99.8 Å². The molecule has 6 heteroatoms. The largest absolute Gasteiger partial charge is 0.338 e. The van der Waals surface area contributed by atoms with Crippen molar-refractivity contribution in [2.24, 2.45) is 0 Å². The standard InChI is InChI=1S/C9H10BrN3OS/c1-6-12-9(14-13-6)4-11-3-8-2-7(10)5-15-8/h2,5,11H,3-4H2,1H3. The quantitative estimate of drug-likeness (QED) is 0.939. The van der Waals surface area contributed by atoms with Crippen LogP contribution in [0.15, 0.2) is 20.4 Å². The van der Waals surface area contributed by atoms with Crippen LogP contribution in [-0.4, -0.2) is 10.1 Å². The van der Waals surface area contributed by atoms with E-state index in [4.69, 9.17) is 4.52 Å². The third-order valence-corrected chi connectivity index (χ3v) is 3.46. The van der Waals surface area contributed by atoms with E-state index in [2.05, 4.69) is 42.8 Å². The van der Waals surface area contributed by atoms with Gasteiger partial charge in [0.1, 0.15) is 0 Å². The van der Waals surface area contributed by atoms with Gasteiger partial charge in [-0.25, -0.2) is 0 Å². The normalized spacial score (nSPS) is 10.8. The number of halogens is 1. The van der Waals surface area contributed by atoms with Crippen molar-refractivity contribution in [2.45, 2.75) is 20.0 Å². The number of nitrogens with one attached hydrogen (secondary N) is 1. The van der Waals surface area contributed by atoms with E-state index in [1.807, 2.05) is 6.92 Å². The third kappa shape index (κ3) is 3.12. The van der Waals surface area contributed by atoms with Gasteiger partial charge in [-0.15, -0.1) is 11.3 Å². The van der Waals surface area contributed by atoms with Gasteiger partial charge < -0.3 is 9.84 Å². The van der Waals surface area contributed by atoms with E-state index < -0.39 is 0 Å². The van der Waals surface area contributed by atoms with Crippen LogP contribution in [0.5, 0.6) is 0 Å². The second kappa shape index (κ2) is 4.87. The lowest BCUT2D eigenvalue weighted by molar-refractivity contribution is 0.364. The summed E-state index contributed by atoms with van der Waals surface area (Å²) in [5, 5.41) is 9.02. The van der Waals surface area contributed by atoms with Crippen molar-refractivity contribution in [3.63, 3.8) is 0 Å². The molecule has 80 valence electrons. The highest BCUT2D eigenvalue weighted by Gasteiger charge is 2.02. The Balaban J connectivity index is 1.80. The summed E-state index contributed by atoms with van der Waals surface area (Å²) in [6.07, 6.45) is 0. The number of hydrogen-bond donors (Lipinski definition) is 1. The van der Waals surface area contributed by atoms with E-state index >= 15 is 0 Å². The van der Waals surface area contributed by atoms with Gasteiger partial charge in [-0.3, -0.25) is 0 Å². The molecule has 2 rings (SSSR count). The maximum absolute atomic E-state index is 4.98. The molecule has 4 nitrogen and oxygen atoms in total. The molecule has 0 aliphatic rings. The molecule has 0 radical (unpaired) electrons. The van der Waals surface area contributed by atoms with Crippen LogP contribution in [0.4, 0.5) is 0 Å². The highest BCUT2D eigenvalue weighted by molar-refractivity contribution is 9.10. The number of thiophene rings is 1. The molecule has 0 spiro atoms. The number of aryl methyl sites for hydroxylation is 1. The fourth-order valence-corrected chi connectivity index (χ4v) is 2.57. The monoisotopic (exact) mass is 287 g/mol. The molecule has 1 N–H and O–H groups in total. The summed E-state index contributed by atoms with van der Waals surface area (Å²) in [4.78, 5) is 5.38. The molecule has 0 aliphatic heterocycles. The Kier molecular flexibility index (Phi) is 3.50. The topological polar surface area (TPSA) is 51.0 Å². The maximum atomic E-state index is 4.98. The SMILES string of the molecule is Cc1noc(CNCc2cc(Br)cs2)n1. The first-order valence-corrected chi connectivity index (χ1v) is 6.14. The lowest BCUT2D eigenvalue weighted by Crippen LogP contribution is -2.11. The Morgan fingerprint density at radius 2 is 2.40 bits per heavy atom. The highest BCUT2D eigenvalue weighted by Crippen LogP contribution is 2.19. The Bertz CT molecular complexity index is 400. The average Bonchev–Trinajstić information content (AvgIpc) is 2.76. The van der Waals surface area contributed by atoms with Crippen molar-refractivity contribution in [1.29, 1.82) is 0 Å². The molecule has 0 bridgehead atoms. The van der Waals surface area contributed by atoms with Crippen LogP contribution in [0.25, 0.3) is 0 Å². The number of aromatic nitrogens is 2. The van der Waals surface area contributed by atoms with Crippen LogP contribution in [0.2, 0.25) is 0 Å². The smallest absolute Gasteiger partial charge is 0.240 e. The van der Waals surface area contributed by atoms with Crippen LogP contribution in [0.3, 0.4) is 0 Å². The lowest BCUT2D eigenvalue weighted by Gasteiger charge is -1.97. The molecule has 2 heterocycles. The molecule has 0 atom stereocenters. The Morgan fingerprint density at radius 1 is 1.53 bits per heavy atom. The minimum absolute atomic E-state index is 0.607. The molecule has 0 saturated heterocycles. The van der Waals surface area contributed by atoms with E-state index in [9.17, 15) is 0 Å². The van der Waals surface area contributed by atoms with Gasteiger partial charge in [0.15, 0.2) is 5.82 Å². The summed E-state index contributed by atoms with van der Waals surface area (Å²) in [7, 11) is 0. The molecule has 2 aromatic rings. The highest BCUT2D eigenvalue weighted by atomic mass is 79.9. The van der Waals surface area contributed by atoms with Gasteiger partial charge in [0.25, 0.3) is 0 Å². The molecule has 0 fully saturated rings. The predicted molar refractivity (Wildman–Crippen MR) is 61.6 cm³/mol. The van der Waals surface area contributed by atoms with E-state index in [1.54, 1.807) is 11.3 Å². The van der Waals surface area contributed by atoms with Gasteiger partial charge in [-0.2, -0.15) is 4.98 Å². The molecule has 2 aromatic heterocycles. The van der Waals surface area contributed by atoms with Crippen LogP contribution < -0.4 is 5.32 Å². The minimum Gasteiger partial charge on any atom is -0.338 e. The van der Waals surface area contributed by atoms with Gasteiger partial charge in [0, 0.05) is 21.3 Å². The lowest BCUT2D eigenvalue weighted by atomic mass is 10.4. The maximum Gasteiger partial charge on any atom is 0.240 e. The molecule has 0 aromatic carbocycles. The number of nitrogens with zero attached hydrogens (tertiary/aromatic N) is 2. The fourth-order valence-electron chi connectivity index (χ4n) is 1.15. The van der Waals surface area contributed by atoms with Crippen molar-refractivity contribution in [3.8, 4) is 0 Å². The molecule has 0 amide bonds. The summed E-state index contributed by atoms with van der Waals surface area (Å²) in [6.45, 7) is 3.23. The molecule has 0 aliphatic carbocycles. The summed E-state index contributed by atoms with van der Waals surface area (Å²) < 4.78 is 6.10. The van der Waals surface area contributed by atoms with Gasteiger partial charge in [0.05, 0.1) is 6.54 Å². The zero-order valence-corrected chi connectivity index (χ0v) is 10.6. The predicted octanol–water partition coefficient (Wildman–Crippen LogP) is 2.49. The van der Waals surface area contributed by atoms with Crippen molar-refractivity contribution < 1.29 is 4.52 Å². The van der Waals surface area contributed by atoms with Crippen LogP contribution in [0.1, 0.15) is 16.6 Å². The zero-order valence-electron chi connectivity index (χ0n) is 8.16. The van der Waals surface area contributed by atoms with E-state index in [0.717, 1.165) is 11.0 Å². The van der Waals surface area contributed by atoms with Gasteiger partial charge >= 0.3 is 0 Å². The van der Waals surface area contributed by atoms with Crippen LogP contribution in [0, 0.1) is 6.92 Å². The number of hydrogen-bond acceptors (Lipinski definition) is 5. The van der Waals surface area contributed by atoms with E-state index in [0.29, 0.717) is 18.3 Å². The van der Waals surface area contributed by atoms with Crippen molar-refractivity contribution >= 4 is 27.3 Å². The summed E-state index contributed by atoms with van der Waals surface area (Å²) in [5.41, 5.74) is 0. The first kappa shape index (κ1) is 10.8. The fraction of sp³-hybridized carbons (Fsp3) is 0.333. The van der Waals surface area contributed by atoms with Gasteiger partial charge in [-0.1, -0.05) is 5.16 Å². The molecule has 15 heavy (non-hydrogen) atoms. The molecule has 0 saturated carbocycles. The Hall–Kier alpha value is -0.720. The first-order valence-electron chi connectivity index (χ1n) is 4.47. The summed E-state index contributed by atoms with van der Waals surface area (Å²) in [6, 6.07) is 2.09. The molecular weight excluding hydrogens is 278 g/mol. The van der Waals surface area contributed by atoms with Crippen molar-refractivity contribution in [1.82, 2.24) is 15.5 Å². The summed E-state index contributed by atoms with van der Waals surface area (Å²) >= 11 is 5.13. The average molecular weight is 288 g/mol. The van der Waals surface area contributed by atoms with Crippen LogP contribution >= 0.6 is 27.3 Å². The molecular formula is C9H10BrN3OS. The first-order chi connectivity index (χ1) is 7.24. The number of rotatable bonds is 4. The van der Waals surface area contributed by atoms with E-state index in [-0.39, 0.29) is 0 Å². The second-order valence-electron chi connectivity index (χ2n) is 3.07. The van der Waals surface area contributed by atoms with E-state index in [1.165, 1.54) is 4.88 Å². The minimum atomic E-state index is 0.607. The van der Waals surface area contributed by atoms with Crippen molar-refractivity contribution in [2.75, 3.05) is 0 Å². The second-order valence-corrected chi connectivity index (χ2v) is 4.98. The third-order valence-electron chi connectivity index (χ3n) is 1.77. The Morgan fingerprint density at radius 3 is 3.00 bits per heavy atom. The molecule has 0 unspecified atom stereocenters. The van der Waals surface area contributed by atoms with Gasteiger partial charge in [-0.05, 0) is 28.9 Å². The van der Waals surface area contributed by atoms with Gasteiger partial charge in [0.2, 0.25) is 5.89 Å². The van der Waals surface area contributed by atoms with Crippen molar-refractivity contribution in [3.05, 3.63) is 32.5 Å².